The summed E-state index contributed by atoms with van der Waals surface area (Å²) < 4.78 is 27.0. The van der Waals surface area contributed by atoms with Gasteiger partial charge in [-0.15, -0.1) is 0 Å². The van der Waals surface area contributed by atoms with Crippen LogP contribution in [0.1, 0.15) is 5.56 Å². The molecule has 0 radical (unpaired) electrons. The first-order valence-corrected chi connectivity index (χ1v) is 4.87. The zero-order valence-electron chi connectivity index (χ0n) is 8.45. The van der Waals surface area contributed by atoms with E-state index in [1.165, 1.54) is 6.07 Å². The van der Waals surface area contributed by atoms with Crippen molar-refractivity contribution >= 4 is 0 Å². The van der Waals surface area contributed by atoms with Gasteiger partial charge in [-0.1, -0.05) is 30.3 Å². The molecule has 1 N–H and O–H groups in total. The molecule has 0 fully saturated rings. The molecular formula is C13H10F2O. The molecule has 1 nitrogen and oxygen atoms in total. The Bertz CT molecular complexity index is 495. The van der Waals surface area contributed by atoms with Gasteiger partial charge in [0.1, 0.15) is 11.6 Å². The van der Waals surface area contributed by atoms with E-state index in [1.54, 1.807) is 24.3 Å². The number of aliphatic hydroxyl groups is 1. The van der Waals surface area contributed by atoms with Crippen LogP contribution in [-0.2, 0) is 6.61 Å². The second kappa shape index (κ2) is 4.41. The van der Waals surface area contributed by atoms with Crippen LogP contribution in [0.5, 0.6) is 0 Å². The number of aliphatic hydroxyl groups excluding tert-OH is 1. The third-order valence-corrected chi connectivity index (χ3v) is 2.43. The topological polar surface area (TPSA) is 20.2 Å². The van der Waals surface area contributed by atoms with E-state index in [-0.39, 0.29) is 5.56 Å². The van der Waals surface area contributed by atoms with Crippen molar-refractivity contribution in [2.75, 3.05) is 0 Å². The first kappa shape index (κ1) is 10.8. The van der Waals surface area contributed by atoms with Crippen LogP contribution in [0.3, 0.4) is 0 Å². The molecule has 0 aliphatic rings. The molecular weight excluding hydrogens is 210 g/mol. The maximum atomic E-state index is 13.8. The summed E-state index contributed by atoms with van der Waals surface area (Å²) in [5.74, 6) is -1.42. The third kappa shape index (κ3) is 1.82. The van der Waals surface area contributed by atoms with Gasteiger partial charge in [0, 0.05) is 11.1 Å². The van der Waals surface area contributed by atoms with E-state index in [9.17, 15) is 8.78 Å². The predicted octanol–water partition coefficient (Wildman–Crippen LogP) is 3.12. The predicted molar refractivity (Wildman–Crippen MR) is 57.7 cm³/mol. The van der Waals surface area contributed by atoms with Crippen molar-refractivity contribution in [3.05, 3.63) is 59.7 Å². The van der Waals surface area contributed by atoms with Gasteiger partial charge < -0.3 is 5.11 Å². The molecule has 0 heterocycles. The average molecular weight is 220 g/mol. The Labute approximate surface area is 92.0 Å². The zero-order chi connectivity index (χ0) is 11.5. The van der Waals surface area contributed by atoms with Gasteiger partial charge in [-0.25, -0.2) is 8.78 Å². The van der Waals surface area contributed by atoms with Crippen LogP contribution in [0.15, 0.2) is 42.5 Å². The summed E-state index contributed by atoms with van der Waals surface area (Å²) in [6, 6.07) is 11.4. The molecule has 0 aliphatic carbocycles. The summed E-state index contributed by atoms with van der Waals surface area (Å²) in [5.41, 5.74) is 0.669. The molecule has 0 spiro atoms. The lowest BCUT2D eigenvalue weighted by Crippen LogP contribution is -1.97. The molecule has 0 atom stereocenters. The highest BCUT2D eigenvalue weighted by Crippen LogP contribution is 2.26. The van der Waals surface area contributed by atoms with Crippen molar-refractivity contribution in [1.82, 2.24) is 0 Å². The summed E-state index contributed by atoms with van der Waals surface area (Å²) in [7, 11) is 0. The van der Waals surface area contributed by atoms with Crippen molar-refractivity contribution in [2.24, 2.45) is 0 Å². The summed E-state index contributed by atoms with van der Waals surface area (Å²) in [4.78, 5) is 0. The lowest BCUT2D eigenvalue weighted by atomic mass is 10.0. The molecule has 82 valence electrons. The Balaban J connectivity index is 2.59. The molecule has 16 heavy (non-hydrogen) atoms. The molecule has 0 aromatic heterocycles. The molecule has 0 saturated carbocycles. The quantitative estimate of drug-likeness (QED) is 0.824. The molecule has 0 saturated heterocycles. The van der Waals surface area contributed by atoms with Gasteiger partial charge in [-0.05, 0) is 17.7 Å². The van der Waals surface area contributed by atoms with Crippen LogP contribution in [0.4, 0.5) is 8.78 Å². The number of hydrogen-bond donors (Lipinski definition) is 1. The highest BCUT2D eigenvalue weighted by molar-refractivity contribution is 5.65. The van der Waals surface area contributed by atoms with E-state index in [2.05, 4.69) is 0 Å². The standard InChI is InChI=1S/C13H10F2O/c14-12-7-6-10(13(15)11(12)8-16)9-4-2-1-3-5-9/h1-7,16H,8H2. The Morgan fingerprint density at radius 2 is 1.62 bits per heavy atom. The summed E-state index contributed by atoms with van der Waals surface area (Å²) in [5, 5.41) is 8.89. The van der Waals surface area contributed by atoms with Crippen molar-refractivity contribution in [2.45, 2.75) is 6.61 Å². The molecule has 0 unspecified atom stereocenters. The minimum absolute atomic E-state index is 0.290. The van der Waals surface area contributed by atoms with E-state index in [4.69, 9.17) is 5.11 Å². The van der Waals surface area contributed by atoms with Gasteiger partial charge >= 0.3 is 0 Å². The number of halogens is 2. The lowest BCUT2D eigenvalue weighted by molar-refractivity contribution is 0.269. The van der Waals surface area contributed by atoms with Gasteiger partial charge in [-0.3, -0.25) is 0 Å². The highest BCUT2D eigenvalue weighted by Gasteiger charge is 2.13. The Morgan fingerprint density at radius 1 is 0.938 bits per heavy atom. The van der Waals surface area contributed by atoms with Crippen molar-refractivity contribution in [3.8, 4) is 11.1 Å². The van der Waals surface area contributed by atoms with Crippen LogP contribution in [0.2, 0.25) is 0 Å². The van der Waals surface area contributed by atoms with Gasteiger partial charge in [0.2, 0.25) is 0 Å². The van der Waals surface area contributed by atoms with Gasteiger partial charge in [0.25, 0.3) is 0 Å². The minimum Gasteiger partial charge on any atom is -0.391 e. The maximum Gasteiger partial charge on any atom is 0.139 e. The minimum atomic E-state index is -0.723. The largest absolute Gasteiger partial charge is 0.391 e. The normalized spacial score (nSPS) is 10.4. The van der Waals surface area contributed by atoms with Crippen LogP contribution in [-0.4, -0.2) is 5.11 Å². The van der Waals surface area contributed by atoms with E-state index in [0.29, 0.717) is 11.1 Å². The monoisotopic (exact) mass is 220 g/mol. The van der Waals surface area contributed by atoms with Crippen LogP contribution in [0, 0.1) is 11.6 Å². The summed E-state index contributed by atoms with van der Waals surface area (Å²) in [6.07, 6.45) is 0. The molecule has 2 aromatic rings. The van der Waals surface area contributed by atoms with Crippen molar-refractivity contribution < 1.29 is 13.9 Å². The SMILES string of the molecule is OCc1c(F)ccc(-c2ccccc2)c1F. The van der Waals surface area contributed by atoms with Crippen LogP contribution in [0.25, 0.3) is 11.1 Å². The molecule has 3 heteroatoms. The Hall–Kier alpha value is -1.74. The molecule has 0 bridgehead atoms. The second-order valence-electron chi connectivity index (χ2n) is 3.41. The Kier molecular flexibility index (Phi) is 2.97. The molecule has 0 amide bonds. The number of rotatable bonds is 2. The van der Waals surface area contributed by atoms with Crippen LogP contribution < -0.4 is 0 Å². The molecule has 0 aliphatic heterocycles. The van der Waals surface area contributed by atoms with E-state index in [0.717, 1.165) is 6.07 Å². The van der Waals surface area contributed by atoms with Gasteiger partial charge in [0.15, 0.2) is 0 Å². The zero-order valence-corrected chi connectivity index (χ0v) is 8.45. The highest BCUT2D eigenvalue weighted by atomic mass is 19.1. The summed E-state index contributed by atoms with van der Waals surface area (Å²) in [6.45, 7) is -0.641. The fraction of sp³-hybridized carbons (Fsp3) is 0.0769. The average Bonchev–Trinajstić information content (AvgIpc) is 2.31. The maximum absolute atomic E-state index is 13.8. The van der Waals surface area contributed by atoms with E-state index < -0.39 is 18.2 Å². The van der Waals surface area contributed by atoms with E-state index >= 15 is 0 Å². The van der Waals surface area contributed by atoms with E-state index in [1.807, 2.05) is 6.07 Å². The van der Waals surface area contributed by atoms with Crippen molar-refractivity contribution in [3.63, 3.8) is 0 Å². The second-order valence-corrected chi connectivity index (χ2v) is 3.41. The first-order chi connectivity index (χ1) is 7.74. The molecule has 2 aromatic carbocycles. The fourth-order valence-corrected chi connectivity index (χ4v) is 1.58. The van der Waals surface area contributed by atoms with Gasteiger partial charge in [-0.2, -0.15) is 0 Å². The fourth-order valence-electron chi connectivity index (χ4n) is 1.58. The van der Waals surface area contributed by atoms with Crippen molar-refractivity contribution in [1.29, 1.82) is 0 Å². The summed E-state index contributed by atoms with van der Waals surface area (Å²) >= 11 is 0. The third-order valence-electron chi connectivity index (χ3n) is 2.43. The lowest BCUT2D eigenvalue weighted by Gasteiger charge is -2.07. The Morgan fingerprint density at radius 3 is 2.25 bits per heavy atom. The number of hydrogen-bond acceptors (Lipinski definition) is 1. The van der Waals surface area contributed by atoms with Gasteiger partial charge in [0.05, 0.1) is 6.61 Å². The smallest absolute Gasteiger partial charge is 0.139 e. The van der Waals surface area contributed by atoms with Crippen LogP contribution >= 0.6 is 0 Å². The first-order valence-electron chi connectivity index (χ1n) is 4.87. The molecule has 2 rings (SSSR count). The number of benzene rings is 2.